The summed E-state index contributed by atoms with van der Waals surface area (Å²) >= 11 is 0. The first-order chi connectivity index (χ1) is 8.85. The van der Waals surface area contributed by atoms with Crippen molar-refractivity contribution in [3.05, 3.63) is 29.3 Å². The second kappa shape index (κ2) is 6.21. The molecule has 7 heteroatoms. The van der Waals surface area contributed by atoms with Crippen LogP contribution in [0.5, 0.6) is 5.75 Å². The van der Waals surface area contributed by atoms with Crippen molar-refractivity contribution in [1.82, 2.24) is 0 Å². The van der Waals surface area contributed by atoms with Gasteiger partial charge < -0.3 is 9.47 Å². The third-order valence-corrected chi connectivity index (χ3v) is 2.09. The van der Waals surface area contributed by atoms with Crippen molar-refractivity contribution in [2.24, 2.45) is 0 Å². The van der Waals surface area contributed by atoms with Gasteiger partial charge in [0, 0.05) is 11.1 Å². The monoisotopic (exact) mass is 276 g/mol. The molecule has 104 valence electrons. The van der Waals surface area contributed by atoms with E-state index >= 15 is 0 Å². The molecular formula is C12H11F3O4. The highest BCUT2D eigenvalue weighted by molar-refractivity contribution is 5.78. The quantitative estimate of drug-likeness (QED) is 0.612. The van der Waals surface area contributed by atoms with E-state index in [4.69, 9.17) is 0 Å². The molecule has 0 bridgehead atoms. The van der Waals surface area contributed by atoms with Gasteiger partial charge in [-0.25, -0.2) is 0 Å². The van der Waals surface area contributed by atoms with Gasteiger partial charge in [0.15, 0.2) is 0 Å². The minimum atomic E-state index is -4.90. The Labute approximate surface area is 107 Å². The fourth-order valence-corrected chi connectivity index (χ4v) is 1.38. The molecule has 0 radical (unpaired) electrons. The Morgan fingerprint density at radius 2 is 2.05 bits per heavy atom. The lowest BCUT2D eigenvalue weighted by molar-refractivity contribution is -0.275. The number of benzene rings is 1. The second-order valence-corrected chi connectivity index (χ2v) is 3.51. The molecule has 1 rings (SSSR count). The van der Waals surface area contributed by atoms with Crippen molar-refractivity contribution in [1.29, 1.82) is 0 Å². The van der Waals surface area contributed by atoms with E-state index in [1.165, 1.54) is 12.1 Å². The van der Waals surface area contributed by atoms with Crippen LogP contribution in [0.4, 0.5) is 13.2 Å². The molecule has 0 N–H and O–H groups in total. The summed E-state index contributed by atoms with van der Waals surface area (Å²) in [5.41, 5.74) is 0.0215. The summed E-state index contributed by atoms with van der Waals surface area (Å²) in [5.74, 6) is -1.25. The Bertz CT molecular complexity index is 469. The van der Waals surface area contributed by atoms with E-state index in [0.717, 1.165) is 6.07 Å². The number of esters is 1. The van der Waals surface area contributed by atoms with Crippen molar-refractivity contribution in [2.75, 3.05) is 6.61 Å². The van der Waals surface area contributed by atoms with Crippen molar-refractivity contribution >= 4 is 12.3 Å². The number of aldehydes is 1. The summed E-state index contributed by atoms with van der Waals surface area (Å²) in [7, 11) is 0. The SMILES string of the molecule is CCOC(=O)Cc1ccc(C=O)cc1OC(F)(F)F. The van der Waals surface area contributed by atoms with E-state index in [2.05, 4.69) is 9.47 Å². The molecule has 4 nitrogen and oxygen atoms in total. The summed E-state index contributed by atoms with van der Waals surface area (Å²) in [6, 6.07) is 3.45. The molecule has 1 aromatic carbocycles. The van der Waals surface area contributed by atoms with Gasteiger partial charge in [0.05, 0.1) is 13.0 Å². The Morgan fingerprint density at radius 1 is 1.37 bits per heavy atom. The minimum absolute atomic E-state index is 0.00127. The Morgan fingerprint density at radius 3 is 2.58 bits per heavy atom. The number of carbonyl (C=O) groups is 2. The van der Waals surface area contributed by atoms with E-state index in [1.54, 1.807) is 6.92 Å². The number of alkyl halides is 3. The van der Waals surface area contributed by atoms with Crippen LogP contribution in [-0.2, 0) is 16.0 Å². The predicted molar refractivity (Wildman–Crippen MR) is 58.8 cm³/mol. The largest absolute Gasteiger partial charge is 0.573 e. The standard InChI is InChI=1S/C12H11F3O4/c1-2-18-11(17)6-9-4-3-8(7-16)5-10(9)19-12(13,14)15/h3-5,7H,2,6H2,1H3. The number of hydrogen-bond acceptors (Lipinski definition) is 4. The van der Waals surface area contributed by atoms with Gasteiger partial charge in [-0.05, 0) is 13.0 Å². The number of ether oxygens (including phenoxy) is 2. The van der Waals surface area contributed by atoms with E-state index in [9.17, 15) is 22.8 Å². The molecule has 0 saturated heterocycles. The van der Waals surface area contributed by atoms with Crippen LogP contribution in [0.25, 0.3) is 0 Å². The van der Waals surface area contributed by atoms with Crippen molar-refractivity contribution in [3.63, 3.8) is 0 Å². The highest BCUT2D eigenvalue weighted by Gasteiger charge is 2.32. The predicted octanol–water partition coefficient (Wildman–Crippen LogP) is 2.50. The van der Waals surface area contributed by atoms with Crippen LogP contribution in [0.15, 0.2) is 18.2 Å². The van der Waals surface area contributed by atoms with Crippen LogP contribution < -0.4 is 4.74 Å². The highest BCUT2D eigenvalue weighted by Crippen LogP contribution is 2.27. The molecular weight excluding hydrogens is 265 g/mol. The summed E-state index contributed by atoms with van der Waals surface area (Å²) in [6.07, 6.45) is -4.87. The van der Waals surface area contributed by atoms with E-state index in [0.29, 0.717) is 6.29 Å². The number of halogens is 3. The van der Waals surface area contributed by atoms with Gasteiger partial charge in [-0.1, -0.05) is 12.1 Å². The molecule has 0 aliphatic carbocycles. The number of hydrogen-bond donors (Lipinski definition) is 0. The summed E-state index contributed by atoms with van der Waals surface area (Å²) in [4.78, 5) is 21.8. The van der Waals surface area contributed by atoms with Gasteiger partial charge >= 0.3 is 12.3 Å². The second-order valence-electron chi connectivity index (χ2n) is 3.51. The van der Waals surface area contributed by atoms with Gasteiger partial charge in [-0.2, -0.15) is 0 Å². The summed E-state index contributed by atoms with van der Waals surface area (Å²) < 4.78 is 45.1. The van der Waals surface area contributed by atoms with Crippen LogP contribution >= 0.6 is 0 Å². The molecule has 0 atom stereocenters. The number of carbonyl (C=O) groups excluding carboxylic acids is 2. The van der Waals surface area contributed by atoms with Crippen molar-refractivity contribution in [3.8, 4) is 5.75 Å². The molecule has 0 aromatic heterocycles. The maximum absolute atomic E-state index is 12.2. The van der Waals surface area contributed by atoms with E-state index < -0.39 is 18.1 Å². The lowest BCUT2D eigenvalue weighted by atomic mass is 10.1. The van der Waals surface area contributed by atoms with Gasteiger partial charge in [0.25, 0.3) is 0 Å². The summed E-state index contributed by atoms with van der Waals surface area (Å²) in [6.45, 7) is 1.71. The molecule has 0 heterocycles. The lowest BCUT2D eigenvalue weighted by Gasteiger charge is -2.13. The van der Waals surface area contributed by atoms with Crippen molar-refractivity contribution < 1.29 is 32.2 Å². The fourth-order valence-electron chi connectivity index (χ4n) is 1.38. The Hall–Kier alpha value is -2.05. The number of rotatable bonds is 5. The first kappa shape index (κ1) is 15.0. The maximum atomic E-state index is 12.2. The third kappa shape index (κ3) is 4.99. The van der Waals surface area contributed by atoms with Crippen LogP contribution in [0, 0.1) is 0 Å². The fraction of sp³-hybridized carbons (Fsp3) is 0.333. The Kier molecular flexibility index (Phi) is 4.91. The zero-order valence-electron chi connectivity index (χ0n) is 9.99. The van der Waals surface area contributed by atoms with Gasteiger partial charge in [0.2, 0.25) is 0 Å². The van der Waals surface area contributed by atoms with Crippen LogP contribution in [0.1, 0.15) is 22.8 Å². The van der Waals surface area contributed by atoms with Gasteiger partial charge in [-0.15, -0.1) is 13.2 Å². The molecule has 0 spiro atoms. The average molecular weight is 276 g/mol. The molecule has 0 unspecified atom stereocenters. The maximum Gasteiger partial charge on any atom is 0.573 e. The first-order valence-electron chi connectivity index (χ1n) is 5.35. The normalized spacial score (nSPS) is 10.9. The lowest BCUT2D eigenvalue weighted by Crippen LogP contribution is -2.19. The topological polar surface area (TPSA) is 52.6 Å². The smallest absolute Gasteiger partial charge is 0.466 e. The van der Waals surface area contributed by atoms with Crippen LogP contribution in [0.2, 0.25) is 0 Å². The average Bonchev–Trinajstić information content (AvgIpc) is 2.29. The van der Waals surface area contributed by atoms with Crippen LogP contribution in [0.3, 0.4) is 0 Å². The molecule has 0 aliphatic rings. The van der Waals surface area contributed by atoms with E-state index in [1.807, 2.05) is 0 Å². The van der Waals surface area contributed by atoms with Crippen LogP contribution in [-0.4, -0.2) is 25.2 Å². The zero-order valence-corrected chi connectivity index (χ0v) is 9.99. The minimum Gasteiger partial charge on any atom is -0.466 e. The summed E-state index contributed by atoms with van der Waals surface area (Å²) in [5, 5.41) is 0. The zero-order chi connectivity index (χ0) is 14.5. The Balaban J connectivity index is 3.01. The van der Waals surface area contributed by atoms with Gasteiger partial charge in [0.1, 0.15) is 12.0 Å². The molecule has 0 fully saturated rings. The molecule has 0 amide bonds. The molecule has 0 aliphatic heterocycles. The molecule has 1 aromatic rings. The molecule has 19 heavy (non-hydrogen) atoms. The van der Waals surface area contributed by atoms with Crippen molar-refractivity contribution in [2.45, 2.75) is 19.7 Å². The van der Waals surface area contributed by atoms with Gasteiger partial charge in [-0.3, -0.25) is 9.59 Å². The highest BCUT2D eigenvalue weighted by atomic mass is 19.4. The first-order valence-corrected chi connectivity index (χ1v) is 5.35. The van der Waals surface area contributed by atoms with E-state index in [-0.39, 0.29) is 24.2 Å². The third-order valence-electron chi connectivity index (χ3n) is 2.09. The molecule has 0 saturated carbocycles.